The molecule has 0 radical (unpaired) electrons. The molecule has 3 heterocycles. The van der Waals surface area contributed by atoms with E-state index in [1.54, 1.807) is 11.8 Å². The second-order valence-electron chi connectivity index (χ2n) is 7.14. The second kappa shape index (κ2) is 11.2. The van der Waals surface area contributed by atoms with E-state index < -0.39 is 0 Å². The number of anilines is 2. The molecule has 162 valence electrons. The van der Waals surface area contributed by atoms with Crippen LogP contribution in [0.5, 0.6) is 0 Å². The van der Waals surface area contributed by atoms with Crippen LogP contribution in [0.25, 0.3) is 4.91 Å². The summed E-state index contributed by atoms with van der Waals surface area (Å²) in [7, 11) is 0. The first-order valence-corrected chi connectivity index (χ1v) is 11.5. The maximum Gasteiger partial charge on any atom is 0.223 e. The van der Waals surface area contributed by atoms with Crippen molar-refractivity contribution in [3.8, 4) is 11.8 Å². The summed E-state index contributed by atoms with van der Waals surface area (Å²) < 4.78 is 0. The highest BCUT2D eigenvalue weighted by Crippen LogP contribution is 2.31. The summed E-state index contributed by atoms with van der Waals surface area (Å²) in [6.07, 6.45) is 6.92. The van der Waals surface area contributed by atoms with Crippen molar-refractivity contribution in [1.29, 1.82) is 0 Å². The second-order valence-corrected chi connectivity index (χ2v) is 8.45. The summed E-state index contributed by atoms with van der Waals surface area (Å²) in [5, 5.41) is 14.9. The fourth-order valence-electron chi connectivity index (χ4n) is 3.03. The van der Waals surface area contributed by atoms with E-state index >= 15 is 0 Å². The molecule has 0 aromatic carbocycles. The predicted octanol–water partition coefficient (Wildman–Crippen LogP) is 4.63. The minimum atomic E-state index is 0.0850. The van der Waals surface area contributed by atoms with Gasteiger partial charge >= 0.3 is 0 Å². The summed E-state index contributed by atoms with van der Waals surface area (Å²) in [4.78, 5) is 14.2. The molecule has 0 amide bonds. The van der Waals surface area contributed by atoms with E-state index in [1.807, 2.05) is 19.1 Å². The normalized spacial score (nSPS) is 13.9. The number of aliphatic hydroxyl groups is 1. The van der Waals surface area contributed by atoms with Crippen LogP contribution in [0.2, 0.25) is 5.15 Å². The van der Waals surface area contributed by atoms with Crippen molar-refractivity contribution >= 4 is 40.0 Å². The van der Waals surface area contributed by atoms with Crippen molar-refractivity contribution < 1.29 is 5.11 Å². The molecule has 3 rings (SSSR count). The van der Waals surface area contributed by atoms with Crippen molar-refractivity contribution in [3.05, 3.63) is 57.4 Å². The Labute approximate surface area is 192 Å². The molecule has 2 aromatic heterocycles. The Kier molecular flexibility index (Phi) is 8.35. The molecule has 0 aliphatic carbocycles. The Hall–Kier alpha value is -2.53. The molecule has 1 aliphatic rings. The van der Waals surface area contributed by atoms with Gasteiger partial charge in [-0.3, -0.25) is 4.98 Å². The number of hydrogen-bond acceptors (Lipinski definition) is 7. The Morgan fingerprint density at radius 1 is 1.29 bits per heavy atom. The molecule has 1 aliphatic heterocycles. The number of nitrogens with one attached hydrogen (secondary N) is 1. The van der Waals surface area contributed by atoms with Gasteiger partial charge in [0.15, 0.2) is 5.15 Å². The average Bonchev–Trinajstić information content (AvgIpc) is 2.77. The van der Waals surface area contributed by atoms with E-state index in [2.05, 4.69) is 51.6 Å². The van der Waals surface area contributed by atoms with E-state index in [1.165, 1.54) is 0 Å². The third-order valence-electron chi connectivity index (χ3n) is 4.95. The van der Waals surface area contributed by atoms with E-state index in [4.69, 9.17) is 22.3 Å². The molecule has 31 heavy (non-hydrogen) atoms. The Balaban J connectivity index is 1.82. The maximum atomic E-state index is 9.37. The predicted molar refractivity (Wildman–Crippen MR) is 130 cm³/mol. The quantitative estimate of drug-likeness (QED) is 0.413. The number of nitrogens with zero attached hydrogens (tertiary/aromatic N) is 3. The number of nitrogens with two attached hydrogens (primary N) is 1. The molecule has 6 nitrogen and oxygen atoms in total. The highest BCUT2D eigenvalue weighted by molar-refractivity contribution is 8.10. The van der Waals surface area contributed by atoms with Crippen LogP contribution in [-0.4, -0.2) is 33.2 Å². The zero-order valence-corrected chi connectivity index (χ0v) is 19.2. The van der Waals surface area contributed by atoms with E-state index in [-0.39, 0.29) is 23.6 Å². The highest BCUT2D eigenvalue weighted by Gasteiger charge is 2.12. The SMILES string of the molecule is CCC(CO)CCNc1nc(N)nc(Cl)c1C#Cc1ccc(C2=CCC=CS2)nc1C. The van der Waals surface area contributed by atoms with Crippen LogP contribution in [0.15, 0.2) is 29.7 Å². The average molecular weight is 456 g/mol. The third-order valence-corrected chi connectivity index (χ3v) is 6.19. The lowest BCUT2D eigenvalue weighted by molar-refractivity contribution is 0.217. The summed E-state index contributed by atoms with van der Waals surface area (Å²) in [6, 6.07) is 3.95. The summed E-state index contributed by atoms with van der Waals surface area (Å²) in [5.41, 5.74) is 8.87. The molecule has 8 heteroatoms. The molecule has 4 N–H and O–H groups in total. The number of rotatable bonds is 7. The molecule has 0 fully saturated rings. The lowest BCUT2D eigenvalue weighted by atomic mass is 10.0. The molecule has 0 bridgehead atoms. The van der Waals surface area contributed by atoms with Crippen LogP contribution < -0.4 is 11.1 Å². The van der Waals surface area contributed by atoms with Crippen LogP contribution in [0.4, 0.5) is 11.8 Å². The Morgan fingerprint density at radius 2 is 2.13 bits per heavy atom. The van der Waals surface area contributed by atoms with Gasteiger partial charge in [-0.05, 0) is 43.2 Å². The first-order valence-electron chi connectivity index (χ1n) is 10.2. The number of allylic oxidation sites excluding steroid dienone is 2. The third kappa shape index (κ3) is 6.23. The molecule has 0 saturated heterocycles. The van der Waals surface area contributed by atoms with Crippen molar-refractivity contribution in [2.45, 2.75) is 33.1 Å². The van der Waals surface area contributed by atoms with Gasteiger partial charge in [0.2, 0.25) is 5.95 Å². The van der Waals surface area contributed by atoms with Gasteiger partial charge in [-0.2, -0.15) is 9.97 Å². The number of nitrogen functional groups attached to an aromatic ring is 1. The summed E-state index contributed by atoms with van der Waals surface area (Å²) >= 11 is 7.99. The van der Waals surface area contributed by atoms with Gasteiger partial charge in [-0.15, -0.1) is 0 Å². The van der Waals surface area contributed by atoms with E-state index in [0.717, 1.165) is 41.1 Å². The zero-order valence-electron chi connectivity index (χ0n) is 17.7. The van der Waals surface area contributed by atoms with Crippen molar-refractivity contribution in [2.24, 2.45) is 5.92 Å². The van der Waals surface area contributed by atoms with Crippen LogP contribution >= 0.6 is 23.4 Å². The lowest BCUT2D eigenvalue weighted by Gasteiger charge is -2.13. The molecule has 2 aromatic rings. The molecule has 1 atom stereocenters. The van der Waals surface area contributed by atoms with Crippen molar-refractivity contribution in [3.63, 3.8) is 0 Å². The highest BCUT2D eigenvalue weighted by atomic mass is 35.5. The number of aromatic nitrogens is 3. The number of aryl methyl sites for hydroxylation is 1. The van der Waals surface area contributed by atoms with Crippen LogP contribution in [0.3, 0.4) is 0 Å². The van der Waals surface area contributed by atoms with Crippen LogP contribution in [-0.2, 0) is 0 Å². The van der Waals surface area contributed by atoms with Gasteiger partial charge in [0, 0.05) is 23.6 Å². The topological polar surface area (TPSA) is 97.0 Å². The number of pyridine rings is 1. The smallest absolute Gasteiger partial charge is 0.223 e. The number of thioether (sulfide) groups is 1. The maximum absolute atomic E-state index is 9.37. The number of hydrogen-bond donors (Lipinski definition) is 3. The minimum Gasteiger partial charge on any atom is -0.396 e. The molecular formula is C23H26ClN5OS. The van der Waals surface area contributed by atoms with Crippen LogP contribution in [0, 0.1) is 24.7 Å². The van der Waals surface area contributed by atoms with Gasteiger partial charge in [-0.25, -0.2) is 0 Å². The fourth-order valence-corrected chi connectivity index (χ4v) is 4.04. The largest absolute Gasteiger partial charge is 0.396 e. The zero-order chi connectivity index (χ0) is 22.2. The van der Waals surface area contributed by atoms with E-state index in [0.29, 0.717) is 17.9 Å². The van der Waals surface area contributed by atoms with Gasteiger partial charge in [0.1, 0.15) is 11.4 Å². The standard InChI is InChI=1S/C23H26ClN5OS/c1-3-16(14-30)11-12-26-22-18(21(24)28-23(25)29-22)9-7-17-8-10-19(27-15(17)2)20-6-4-5-13-31-20/h5-6,8,10,13,16,30H,3-4,11-12,14H2,1-2H3,(H3,25,26,28,29). The van der Waals surface area contributed by atoms with E-state index in [9.17, 15) is 5.11 Å². The first-order chi connectivity index (χ1) is 15.0. The van der Waals surface area contributed by atoms with Crippen LogP contribution in [0.1, 0.15) is 48.7 Å². The number of aliphatic hydroxyl groups excluding tert-OH is 1. The van der Waals surface area contributed by atoms with Gasteiger partial charge in [0.25, 0.3) is 0 Å². The van der Waals surface area contributed by atoms with Gasteiger partial charge in [-0.1, -0.05) is 60.7 Å². The van der Waals surface area contributed by atoms with Crippen molar-refractivity contribution in [2.75, 3.05) is 24.2 Å². The summed E-state index contributed by atoms with van der Waals surface area (Å²) in [5.74, 6) is 7.04. The molecular weight excluding hydrogens is 430 g/mol. The Morgan fingerprint density at radius 3 is 2.81 bits per heavy atom. The summed E-state index contributed by atoms with van der Waals surface area (Å²) in [6.45, 7) is 4.78. The van der Waals surface area contributed by atoms with Crippen molar-refractivity contribution in [1.82, 2.24) is 15.0 Å². The molecule has 0 spiro atoms. The minimum absolute atomic E-state index is 0.0850. The first kappa shape index (κ1) is 23.1. The van der Waals surface area contributed by atoms with Gasteiger partial charge in [0.05, 0.1) is 11.4 Å². The molecule has 1 unspecified atom stereocenters. The molecule has 0 saturated carbocycles. The Bertz CT molecular complexity index is 1050. The fraction of sp³-hybridized carbons (Fsp3) is 0.348. The monoisotopic (exact) mass is 455 g/mol. The van der Waals surface area contributed by atoms with Gasteiger partial charge < -0.3 is 16.2 Å². The lowest BCUT2D eigenvalue weighted by Crippen LogP contribution is -2.14. The number of halogens is 1.